The number of nitrogens with one attached hydrogen (secondary N) is 1. The van der Waals surface area contributed by atoms with Gasteiger partial charge in [0.05, 0.1) is 5.75 Å². The third kappa shape index (κ3) is 5.28. The van der Waals surface area contributed by atoms with Gasteiger partial charge < -0.3 is 9.88 Å². The minimum Gasteiger partial charge on any atom is -0.325 e. The van der Waals surface area contributed by atoms with Crippen molar-refractivity contribution in [3.05, 3.63) is 45.6 Å². The van der Waals surface area contributed by atoms with E-state index in [-0.39, 0.29) is 5.91 Å². The minimum absolute atomic E-state index is 0.0334. The van der Waals surface area contributed by atoms with Crippen molar-refractivity contribution >= 4 is 34.7 Å². The highest BCUT2D eigenvalue weighted by molar-refractivity contribution is 7.99. The van der Waals surface area contributed by atoms with E-state index in [1.165, 1.54) is 16.6 Å². The monoisotopic (exact) mass is 428 g/mol. The van der Waals surface area contributed by atoms with Crippen molar-refractivity contribution < 1.29 is 4.79 Å². The molecule has 0 fully saturated rings. The summed E-state index contributed by atoms with van der Waals surface area (Å²) in [4.78, 5) is 13.8. The number of hydrogen-bond acceptors (Lipinski definition) is 5. The van der Waals surface area contributed by atoms with Crippen LogP contribution in [0.25, 0.3) is 11.4 Å². The van der Waals surface area contributed by atoms with E-state index >= 15 is 0 Å². The van der Waals surface area contributed by atoms with Crippen molar-refractivity contribution in [1.82, 2.24) is 14.8 Å². The van der Waals surface area contributed by atoms with Gasteiger partial charge in [-0.15, -0.1) is 21.5 Å². The first-order valence-corrected chi connectivity index (χ1v) is 11.8. The van der Waals surface area contributed by atoms with Crippen LogP contribution >= 0.6 is 23.1 Å². The second-order valence-electron chi connectivity index (χ2n) is 7.51. The lowest BCUT2D eigenvalue weighted by molar-refractivity contribution is -0.113. The third-order valence-electron chi connectivity index (χ3n) is 4.61. The van der Waals surface area contributed by atoms with Crippen molar-refractivity contribution in [1.29, 1.82) is 0 Å². The summed E-state index contributed by atoms with van der Waals surface area (Å²) in [6.07, 6.45) is 0.981. The van der Waals surface area contributed by atoms with Crippen LogP contribution in [-0.2, 0) is 11.3 Å². The number of aryl methyl sites for hydroxylation is 2. The van der Waals surface area contributed by atoms with Crippen LogP contribution in [0.2, 0.25) is 0 Å². The fourth-order valence-electron chi connectivity index (χ4n) is 2.99. The molecule has 3 aromatic rings. The first-order valence-electron chi connectivity index (χ1n) is 9.91. The molecule has 2 heterocycles. The van der Waals surface area contributed by atoms with Crippen LogP contribution in [0.15, 0.2) is 34.8 Å². The Bertz CT molecular complexity index is 991. The van der Waals surface area contributed by atoms with E-state index < -0.39 is 0 Å². The summed E-state index contributed by atoms with van der Waals surface area (Å²) < 4.78 is 2.13. The van der Waals surface area contributed by atoms with Gasteiger partial charge in [0.25, 0.3) is 0 Å². The van der Waals surface area contributed by atoms with E-state index in [1.54, 1.807) is 11.3 Å². The largest absolute Gasteiger partial charge is 0.325 e. The summed E-state index contributed by atoms with van der Waals surface area (Å²) in [6.45, 7) is 11.4. The van der Waals surface area contributed by atoms with Gasteiger partial charge in [0.2, 0.25) is 5.91 Å². The number of rotatable bonds is 8. The maximum atomic E-state index is 12.5. The molecule has 0 unspecified atom stereocenters. The molecule has 3 rings (SSSR count). The fraction of sp³-hybridized carbons (Fsp3) is 0.409. The predicted molar refractivity (Wildman–Crippen MR) is 123 cm³/mol. The van der Waals surface area contributed by atoms with Crippen LogP contribution in [0.3, 0.4) is 0 Å². The molecule has 0 aliphatic rings. The molecule has 0 bridgehead atoms. The van der Waals surface area contributed by atoms with E-state index in [1.807, 2.05) is 32.0 Å². The molecule has 0 aliphatic heterocycles. The van der Waals surface area contributed by atoms with Crippen molar-refractivity contribution in [2.75, 3.05) is 11.1 Å². The van der Waals surface area contributed by atoms with Crippen LogP contribution in [-0.4, -0.2) is 26.4 Å². The van der Waals surface area contributed by atoms with Gasteiger partial charge in [-0.05, 0) is 49.4 Å². The van der Waals surface area contributed by atoms with Crippen molar-refractivity contribution in [3.8, 4) is 11.4 Å². The zero-order valence-corrected chi connectivity index (χ0v) is 19.3. The number of carbonyl (C=O) groups excluding carboxylic acids is 1. The Hall–Kier alpha value is -2.12. The van der Waals surface area contributed by atoms with Crippen LogP contribution in [0.1, 0.15) is 49.1 Å². The van der Waals surface area contributed by atoms with Crippen LogP contribution in [0, 0.1) is 13.8 Å². The number of anilines is 1. The van der Waals surface area contributed by atoms with Gasteiger partial charge in [-0.2, -0.15) is 0 Å². The predicted octanol–water partition coefficient (Wildman–Crippen LogP) is 5.89. The van der Waals surface area contributed by atoms with E-state index in [0.29, 0.717) is 11.7 Å². The maximum absolute atomic E-state index is 12.5. The zero-order valence-electron chi connectivity index (χ0n) is 17.7. The lowest BCUT2D eigenvalue weighted by atomic mass is 10.1. The van der Waals surface area contributed by atoms with Gasteiger partial charge >= 0.3 is 0 Å². The fourth-order valence-corrected chi connectivity index (χ4v) is 4.66. The normalized spacial score (nSPS) is 11.2. The van der Waals surface area contributed by atoms with Gasteiger partial charge in [0.1, 0.15) is 0 Å². The molecule has 0 radical (unpaired) electrons. The Labute approximate surface area is 180 Å². The number of aromatic nitrogens is 3. The van der Waals surface area contributed by atoms with E-state index in [4.69, 9.17) is 0 Å². The number of benzene rings is 1. The van der Waals surface area contributed by atoms with Gasteiger partial charge in [-0.25, -0.2) is 0 Å². The summed E-state index contributed by atoms with van der Waals surface area (Å²) in [7, 11) is 0. The average Bonchev–Trinajstić information content (AvgIpc) is 3.30. The number of thiophene rings is 1. The quantitative estimate of drug-likeness (QED) is 0.455. The molecular formula is C22H28N4OS2. The van der Waals surface area contributed by atoms with Crippen molar-refractivity contribution in [2.24, 2.45) is 0 Å². The topological polar surface area (TPSA) is 59.8 Å². The van der Waals surface area contributed by atoms with Gasteiger partial charge in [0.15, 0.2) is 11.0 Å². The zero-order chi connectivity index (χ0) is 21.0. The van der Waals surface area contributed by atoms with Crippen molar-refractivity contribution in [3.63, 3.8) is 0 Å². The lowest BCUT2D eigenvalue weighted by Crippen LogP contribution is -2.15. The summed E-state index contributed by atoms with van der Waals surface area (Å²) in [5.41, 5.74) is 4.16. The molecule has 1 amide bonds. The Morgan fingerprint density at radius 2 is 2.03 bits per heavy atom. The summed E-state index contributed by atoms with van der Waals surface area (Å²) in [5, 5.41) is 14.8. The molecule has 1 N–H and O–H groups in total. The number of nitrogens with zero attached hydrogens (tertiary/aromatic N) is 3. The number of hydrogen-bond donors (Lipinski definition) is 1. The molecule has 0 saturated heterocycles. The first-order chi connectivity index (χ1) is 13.9. The minimum atomic E-state index is -0.0334. The summed E-state index contributed by atoms with van der Waals surface area (Å²) in [5.74, 6) is 1.65. The van der Waals surface area contributed by atoms with Crippen LogP contribution in [0.5, 0.6) is 0 Å². The summed E-state index contributed by atoms with van der Waals surface area (Å²) in [6, 6.07) is 8.27. The highest BCUT2D eigenvalue weighted by Crippen LogP contribution is 2.31. The van der Waals surface area contributed by atoms with Gasteiger partial charge in [-0.1, -0.05) is 44.7 Å². The Balaban J connectivity index is 1.72. The molecule has 0 aliphatic carbocycles. The van der Waals surface area contributed by atoms with Gasteiger partial charge in [-0.3, -0.25) is 4.79 Å². The second-order valence-corrected chi connectivity index (χ2v) is 9.39. The smallest absolute Gasteiger partial charge is 0.234 e. The Morgan fingerprint density at radius 3 is 2.72 bits per heavy atom. The van der Waals surface area contributed by atoms with Crippen molar-refractivity contribution in [2.45, 2.75) is 58.7 Å². The van der Waals surface area contributed by atoms with E-state index in [2.05, 4.69) is 52.3 Å². The Morgan fingerprint density at radius 1 is 1.24 bits per heavy atom. The molecule has 29 heavy (non-hydrogen) atoms. The SMILES string of the molecule is CCCn1c(SCC(=O)Nc2cc(C)ccc2C)nnc1-c1csc(C(C)C)c1. The molecule has 0 saturated carbocycles. The first kappa shape index (κ1) is 21.6. The van der Waals surface area contributed by atoms with Crippen LogP contribution in [0.4, 0.5) is 5.69 Å². The third-order valence-corrected chi connectivity index (χ3v) is 6.81. The summed E-state index contributed by atoms with van der Waals surface area (Å²) >= 11 is 3.19. The number of thioether (sulfide) groups is 1. The molecule has 2 aromatic heterocycles. The standard InChI is InChI=1S/C22H28N4OS2/c1-6-9-26-21(17-11-19(14(2)3)28-12-17)24-25-22(26)29-13-20(27)23-18-10-15(4)7-8-16(18)5/h7-8,10-12,14H,6,9,13H2,1-5H3,(H,23,27). The van der Waals surface area contributed by atoms with E-state index in [0.717, 1.165) is 46.3 Å². The highest BCUT2D eigenvalue weighted by atomic mass is 32.2. The molecule has 7 heteroatoms. The molecule has 1 aromatic carbocycles. The lowest BCUT2D eigenvalue weighted by Gasteiger charge is -2.10. The maximum Gasteiger partial charge on any atom is 0.234 e. The van der Waals surface area contributed by atoms with Crippen LogP contribution < -0.4 is 5.32 Å². The Kier molecular flexibility index (Phi) is 7.14. The highest BCUT2D eigenvalue weighted by Gasteiger charge is 2.17. The van der Waals surface area contributed by atoms with E-state index in [9.17, 15) is 4.79 Å². The molecule has 0 spiro atoms. The second kappa shape index (κ2) is 9.59. The molecule has 5 nitrogen and oxygen atoms in total. The number of carbonyl (C=O) groups is 1. The average molecular weight is 429 g/mol. The molecular weight excluding hydrogens is 400 g/mol. The van der Waals surface area contributed by atoms with Gasteiger partial charge in [0, 0.05) is 28.1 Å². The molecule has 154 valence electrons. The molecule has 0 atom stereocenters. The number of amides is 1.